The van der Waals surface area contributed by atoms with Gasteiger partial charge in [0.05, 0.1) is 19.3 Å². The van der Waals surface area contributed by atoms with Gasteiger partial charge in [0.15, 0.2) is 17.7 Å². The minimum atomic E-state index is -0.679. The number of methoxy groups -OCH3 is 1. The average molecular weight is 463 g/mol. The van der Waals surface area contributed by atoms with E-state index in [2.05, 4.69) is 20.4 Å². The summed E-state index contributed by atoms with van der Waals surface area (Å²) in [7, 11) is 1.47. The number of aromatic hydroxyl groups is 1. The van der Waals surface area contributed by atoms with Crippen LogP contribution in [0.25, 0.3) is 0 Å². The fourth-order valence-corrected chi connectivity index (χ4v) is 3.86. The standard InChI is InChI=1S/C21H30N6O6/c1-13(2)33-18-16(11-28)19(29)26(9-10-32-12-31-4)20(30)17(18)23-25-21-24-22-14(3)27(21)15-7-5-6-8-15/h11,13,15,29H,5-10,12H2,1-4H3. The van der Waals surface area contributed by atoms with Crippen LogP contribution < -0.4 is 10.3 Å². The van der Waals surface area contributed by atoms with Gasteiger partial charge in [-0.3, -0.25) is 18.7 Å². The Morgan fingerprint density at radius 3 is 2.61 bits per heavy atom. The molecule has 1 aliphatic carbocycles. The largest absolute Gasteiger partial charge is 0.494 e. The third-order valence-electron chi connectivity index (χ3n) is 5.31. The van der Waals surface area contributed by atoms with Gasteiger partial charge in [-0.1, -0.05) is 12.8 Å². The highest BCUT2D eigenvalue weighted by atomic mass is 16.7. The van der Waals surface area contributed by atoms with Crippen molar-refractivity contribution >= 4 is 17.9 Å². The summed E-state index contributed by atoms with van der Waals surface area (Å²) in [6.07, 6.45) is 4.24. The maximum absolute atomic E-state index is 13.2. The Hall–Kier alpha value is -3.12. The highest BCUT2D eigenvalue weighted by molar-refractivity contribution is 5.85. The molecule has 0 aliphatic heterocycles. The molecule has 0 radical (unpaired) electrons. The van der Waals surface area contributed by atoms with E-state index in [4.69, 9.17) is 14.2 Å². The third kappa shape index (κ3) is 5.45. The van der Waals surface area contributed by atoms with Crippen LogP contribution in [0.3, 0.4) is 0 Å². The van der Waals surface area contributed by atoms with Crippen molar-refractivity contribution < 1.29 is 24.1 Å². The van der Waals surface area contributed by atoms with E-state index in [0.29, 0.717) is 12.1 Å². The van der Waals surface area contributed by atoms with Gasteiger partial charge in [0.1, 0.15) is 18.2 Å². The number of nitrogens with zero attached hydrogens (tertiary/aromatic N) is 6. The quantitative estimate of drug-likeness (QED) is 0.232. The summed E-state index contributed by atoms with van der Waals surface area (Å²) < 4.78 is 18.6. The van der Waals surface area contributed by atoms with E-state index in [9.17, 15) is 14.7 Å². The molecule has 33 heavy (non-hydrogen) atoms. The van der Waals surface area contributed by atoms with Crippen molar-refractivity contribution in [1.82, 2.24) is 19.3 Å². The molecule has 1 fully saturated rings. The number of carbonyl (C=O) groups is 1. The second kappa shape index (κ2) is 11.1. The molecule has 0 spiro atoms. The lowest BCUT2D eigenvalue weighted by molar-refractivity contribution is -0.0335. The molecule has 180 valence electrons. The Balaban J connectivity index is 2.07. The van der Waals surface area contributed by atoms with Crippen LogP contribution in [-0.4, -0.2) is 57.3 Å². The number of ether oxygens (including phenoxy) is 3. The van der Waals surface area contributed by atoms with Crippen LogP contribution in [0.4, 0.5) is 11.6 Å². The molecule has 3 rings (SSSR count). The monoisotopic (exact) mass is 462 g/mol. The second-order valence-corrected chi connectivity index (χ2v) is 8.03. The van der Waals surface area contributed by atoms with E-state index in [1.807, 2.05) is 11.5 Å². The van der Waals surface area contributed by atoms with Crippen LogP contribution in [0.5, 0.6) is 11.6 Å². The van der Waals surface area contributed by atoms with Crippen LogP contribution >= 0.6 is 0 Å². The Labute approximate surface area is 191 Å². The molecule has 0 atom stereocenters. The lowest BCUT2D eigenvalue weighted by Crippen LogP contribution is -2.25. The van der Waals surface area contributed by atoms with Gasteiger partial charge in [0.2, 0.25) is 5.88 Å². The Bertz CT molecular complexity index is 1050. The Kier molecular flexibility index (Phi) is 8.28. The zero-order valence-corrected chi connectivity index (χ0v) is 19.4. The number of pyridine rings is 1. The first kappa shape index (κ1) is 24.5. The molecule has 2 heterocycles. The first-order chi connectivity index (χ1) is 15.9. The van der Waals surface area contributed by atoms with Gasteiger partial charge in [-0.15, -0.1) is 20.4 Å². The predicted octanol–water partition coefficient (Wildman–Crippen LogP) is 3.20. The van der Waals surface area contributed by atoms with Crippen LogP contribution in [0.2, 0.25) is 0 Å². The number of aromatic nitrogens is 4. The van der Waals surface area contributed by atoms with Gasteiger partial charge in [-0.25, -0.2) is 0 Å². The van der Waals surface area contributed by atoms with Crippen LogP contribution in [0, 0.1) is 6.92 Å². The lowest BCUT2D eigenvalue weighted by Gasteiger charge is -2.18. The highest BCUT2D eigenvalue weighted by Crippen LogP contribution is 2.36. The van der Waals surface area contributed by atoms with Crippen molar-refractivity contribution in [3.05, 3.63) is 21.7 Å². The molecule has 0 bridgehead atoms. The fraction of sp³-hybridized carbons (Fsp3) is 0.619. The van der Waals surface area contributed by atoms with E-state index >= 15 is 0 Å². The summed E-state index contributed by atoms with van der Waals surface area (Å²) in [6, 6.07) is 0.222. The zero-order valence-electron chi connectivity index (χ0n) is 19.4. The van der Waals surface area contributed by atoms with E-state index in [-0.39, 0.29) is 55.0 Å². The molecule has 1 saturated carbocycles. The molecule has 0 amide bonds. The van der Waals surface area contributed by atoms with Gasteiger partial charge in [0.25, 0.3) is 11.5 Å². The molecule has 0 saturated heterocycles. The summed E-state index contributed by atoms with van der Waals surface area (Å²) in [5.41, 5.74) is -1.09. The number of aryl methyl sites for hydroxylation is 1. The van der Waals surface area contributed by atoms with Gasteiger partial charge in [0, 0.05) is 13.2 Å². The summed E-state index contributed by atoms with van der Waals surface area (Å²) in [5, 5.41) is 27.1. The molecular weight excluding hydrogens is 432 g/mol. The summed E-state index contributed by atoms with van der Waals surface area (Å²) in [5.74, 6) is 0.311. The lowest BCUT2D eigenvalue weighted by atomic mass is 10.2. The number of carbonyl (C=O) groups excluding carboxylic acids is 1. The normalized spacial score (nSPS) is 14.6. The van der Waals surface area contributed by atoms with Crippen LogP contribution in [0.15, 0.2) is 15.0 Å². The minimum Gasteiger partial charge on any atom is -0.494 e. The first-order valence-electron chi connectivity index (χ1n) is 10.9. The molecule has 0 aromatic carbocycles. The van der Waals surface area contributed by atoms with Crippen molar-refractivity contribution in [1.29, 1.82) is 0 Å². The smallest absolute Gasteiger partial charge is 0.285 e. The predicted molar refractivity (Wildman–Crippen MR) is 118 cm³/mol. The highest BCUT2D eigenvalue weighted by Gasteiger charge is 2.25. The molecule has 2 aromatic rings. The van der Waals surface area contributed by atoms with Crippen molar-refractivity contribution in [2.24, 2.45) is 10.2 Å². The summed E-state index contributed by atoms with van der Waals surface area (Å²) in [6.45, 7) is 5.36. The SMILES string of the molecule is COCOCCn1c(O)c(C=O)c(OC(C)C)c(N=Nc2nnc(C)n2C2CCCC2)c1=O. The van der Waals surface area contributed by atoms with Crippen molar-refractivity contribution in [3.63, 3.8) is 0 Å². The number of hydrogen-bond donors (Lipinski definition) is 1. The first-order valence-corrected chi connectivity index (χ1v) is 10.9. The average Bonchev–Trinajstić information content (AvgIpc) is 3.42. The van der Waals surface area contributed by atoms with Crippen LogP contribution in [0.1, 0.15) is 61.8 Å². The van der Waals surface area contributed by atoms with Crippen molar-refractivity contribution in [2.45, 2.75) is 65.1 Å². The molecule has 2 aromatic heterocycles. The van der Waals surface area contributed by atoms with Crippen molar-refractivity contribution in [3.8, 4) is 11.6 Å². The maximum Gasteiger partial charge on any atom is 0.285 e. The fourth-order valence-electron chi connectivity index (χ4n) is 3.86. The van der Waals surface area contributed by atoms with Crippen molar-refractivity contribution in [2.75, 3.05) is 20.5 Å². The molecule has 1 aliphatic rings. The van der Waals surface area contributed by atoms with Gasteiger partial charge in [-0.2, -0.15) is 0 Å². The molecular formula is C21H30N6O6. The number of aldehydes is 1. The molecule has 0 unspecified atom stereocenters. The van der Waals surface area contributed by atoms with Crippen LogP contribution in [-0.2, 0) is 16.0 Å². The number of hydrogen-bond acceptors (Lipinski definition) is 10. The maximum atomic E-state index is 13.2. The number of azo groups is 1. The topological polar surface area (TPSA) is 142 Å². The Morgan fingerprint density at radius 2 is 1.97 bits per heavy atom. The second-order valence-electron chi connectivity index (χ2n) is 8.03. The van der Waals surface area contributed by atoms with E-state index in [1.54, 1.807) is 13.8 Å². The van der Waals surface area contributed by atoms with Gasteiger partial charge < -0.3 is 19.3 Å². The minimum absolute atomic E-state index is 0.0212. The Morgan fingerprint density at radius 1 is 1.24 bits per heavy atom. The van der Waals surface area contributed by atoms with Gasteiger partial charge >= 0.3 is 0 Å². The number of rotatable bonds is 11. The van der Waals surface area contributed by atoms with E-state index < -0.39 is 11.4 Å². The van der Waals surface area contributed by atoms with E-state index in [1.165, 1.54) is 7.11 Å². The third-order valence-corrected chi connectivity index (χ3v) is 5.31. The van der Waals surface area contributed by atoms with Gasteiger partial charge in [-0.05, 0) is 33.6 Å². The summed E-state index contributed by atoms with van der Waals surface area (Å²) in [4.78, 5) is 25.0. The molecule has 1 N–H and O–H groups in total. The molecule has 12 heteroatoms. The summed E-state index contributed by atoms with van der Waals surface area (Å²) >= 11 is 0. The van der Waals surface area contributed by atoms with E-state index in [0.717, 1.165) is 30.3 Å². The molecule has 12 nitrogen and oxygen atoms in total. The zero-order chi connectivity index (χ0) is 24.0.